The van der Waals surface area contributed by atoms with Crippen molar-refractivity contribution in [2.75, 3.05) is 13.7 Å². The Bertz CT molecular complexity index is 291. The van der Waals surface area contributed by atoms with Gasteiger partial charge in [0.15, 0.2) is 0 Å². The van der Waals surface area contributed by atoms with E-state index in [0.717, 1.165) is 0 Å². The van der Waals surface area contributed by atoms with E-state index in [1.54, 1.807) is 25.3 Å². The molecule has 0 aliphatic carbocycles. The van der Waals surface area contributed by atoms with E-state index < -0.39 is 12.8 Å². The average molecular weight is 249 g/mol. The Morgan fingerprint density at radius 3 is 2.77 bits per heavy atom. The van der Waals surface area contributed by atoms with Gasteiger partial charge >= 0.3 is 0 Å². The first-order chi connectivity index (χ1) is 6.19. The van der Waals surface area contributed by atoms with E-state index in [1.807, 2.05) is 0 Å². The molecular weight excluding hydrogens is 239 g/mol. The molecule has 72 valence electrons. The number of benzene rings is 1. The van der Waals surface area contributed by atoms with Crippen LogP contribution in [0.1, 0.15) is 11.7 Å². The number of hydrogen-bond donors (Lipinski definition) is 1. The summed E-state index contributed by atoms with van der Waals surface area (Å²) in [5.41, 5.74) is 0.440. The number of rotatable bonds is 3. The van der Waals surface area contributed by atoms with Gasteiger partial charge in [-0.05, 0) is 33.6 Å². The molecule has 2 nitrogen and oxygen atoms in total. The van der Waals surface area contributed by atoms with Crippen molar-refractivity contribution in [2.24, 2.45) is 0 Å². The Morgan fingerprint density at radius 2 is 2.31 bits per heavy atom. The average Bonchev–Trinajstić information content (AvgIpc) is 2.16. The van der Waals surface area contributed by atoms with Crippen molar-refractivity contribution in [1.82, 2.24) is 0 Å². The van der Waals surface area contributed by atoms with Crippen LogP contribution >= 0.6 is 15.9 Å². The number of methoxy groups -OCH3 is 1. The molecule has 0 saturated carbocycles. The molecule has 0 radical (unpaired) electrons. The van der Waals surface area contributed by atoms with E-state index in [1.165, 1.54) is 0 Å². The van der Waals surface area contributed by atoms with Crippen LogP contribution in [-0.2, 0) is 0 Å². The SMILES string of the molecule is COc1ccc(C(F)CO)cc1Br. The highest BCUT2D eigenvalue weighted by Gasteiger charge is 2.09. The second kappa shape index (κ2) is 4.58. The molecule has 13 heavy (non-hydrogen) atoms. The molecular formula is C9H10BrFO2. The molecule has 1 rings (SSSR count). The highest BCUT2D eigenvalue weighted by Crippen LogP contribution is 2.28. The van der Waals surface area contributed by atoms with Gasteiger partial charge in [-0.2, -0.15) is 0 Å². The zero-order chi connectivity index (χ0) is 9.84. The maximum absolute atomic E-state index is 13.0. The highest BCUT2D eigenvalue weighted by atomic mass is 79.9. The Hall–Kier alpha value is -0.610. The minimum absolute atomic E-state index is 0.440. The Kier molecular flexibility index (Phi) is 3.69. The molecule has 0 heterocycles. The largest absolute Gasteiger partial charge is 0.496 e. The third kappa shape index (κ3) is 2.42. The molecule has 0 aromatic heterocycles. The number of aliphatic hydroxyl groups excluding tert-OH is 1. The monoisotopic (exact) mass is 248 g/mol. The van der Waals surface area contributed by atoms with Gasteiger partial charge in [-0.25, -0.2) is 4.39 Å². The zero-order valence-corrected chi connectivity index (χ0v) is 8.71. The summed E-state index contributed by atoms with van der Waals surface area (Å²) in [5.74, 6) is 0.647. The van der Waals surface area contributed by atoms with E-state index in [0.29, 0.717) is 15.8 Å². The highest BCUT2D eigenvalue weighted by molar-refractivity contribution is 9.10. The quantitative estimate of drug-likeness (QED) is 0.891. The second-order valence-corrected chi connectivity index (χ2v) is 3.40. The molecule has 0 bridgehead atoms. The molecule has 0 saturated heterocycles. The van der Waals surface area contributed by atoms with Crippen LogP contribution in [0.25, 0.3) is 0 Å². The fraction of sp³-hybridized carbons (Fsp3) is 0.333. The van der Waals surface area contributed by atoms with Crippen LogP contribution in [0.4, 0.5) is 4.39 Å². The van der Waals surface area contributed by atoms with Gasteiger partial charge in [0.2, 0.25) is 0 Å². The Labute approximate surface area is 84.5 Å². The molecule has 0 aliphatic heterocycles. The fourth-order valence-electron chi connectivity index (χ4n) is 0.983. The lowest BCUT2D eigenvalue weighted by molar-refractivity contribution is 0.180. The summed E-state index contributed by atoms with van der Waals surface area (Å²) < 4.78 is 18.6. The summed E-state index contributed by atoms with van der Waals surface area (Å²) in [6, 6.07) is 4.84. The summed E-state index contributed by atoms with van der Waals surface area (Å²) in [6.45, 7) is -0.501. The smallest absolute Gasteiger partial charge is 0.148 e. The van der Waals surface area contributed by atoms with Crippen LogP contribution in [0.5, 0.6) is 5.75 Å². The zero-order valence-electron chi connectivity index (χ0n) is 7.13. The molecule has 1 atom stereocenters. The molecule has 1 aromatic rings. The standard InChI is InChI=1S/C9H10BrFO2/c1-13-9-3-2-6(4-7(9)10)8(11)5-12/h2-4,8,12H,5H2,1H3. The third-order valence-electron chi connectivity index (χ3n) is 1.70. The molecule has 4 heteroatoms. The number of halogens is 2. The number of alkyl halides is 1. The van der Waals surface area contributed by atoms with Crippen molar-refractivity contribution < 1.29 is 14.2 Å². The van der Waals surface area contributed by atoms with Crippen molar-refractivity contribution in [2.45, 2.75) is 6.17 Å². The number of hydrogen-bond acceptors (Lipinski definition) is 2. The molecule has 1 N–H and O–H groups in total. The number of ether oxygens (including phenoxy) is 1. The van der Waals surface area contributed by atoms with Crippen molar-refractivity contribution in [3.05, 3.63) is 28.2 Å². The Balaban J connectivity index is 2.95. The van der Waals surface area contributed by atoms with Gasteiger partial charge in [-0.1, -0.05) is 6.07 Å². The van der Waals surface area contributed by atoms with Crippen LogP contribution in [0.3, 0.4) is 0 Å². The summed E-state index contributed by atoms with van der Waals surface area (Å²) in [5, 5.41) is 8.58. The third-order valence-corrected chi connectivity index (χ3v) is 2.32. The van der Waals surface area contributed by atoms with Crippen LogP contribution in [0.2, 0.25) is 0 Å². The summed E-state index contributed by atoms with van der Waals surface area (Å²) in [4.78, 5) is 0. The predicted molar refractivity (Wildman–Crippen MR) is 51.6 cm³/mol. The van der Waals surface area contributed by atoms with E-state index in [-0.39, 0.29) is 0 Å². The van der Waals surface area contributed by atoms with Gasteiger partial charge in [-0.3, -0.25) is 0 Å². The van der Waals surface area contributed by atoms with Crippen LogP contribution in [0.15, 0.2) is 22.7 Å². The fourth-order valence-corrected chi connectivity index (χ4v) is 1.54. The van der Waals surface area contributed by atoms with Crippen LogP contribution < -0.4 is 4.74 Å². The molecule has 1 aromatic carbocycles. The van der Waals surface area contributed by atoms with Gasteiger partial charge in [-0.15, -0.1) is 0 Å². The van der Waals surface area contributed by atoms with Crippen LogP contribution in [-0.4, -0.2) is 18.8 Å². The van der Waals surface area contributed by atoms with Crippen molar-refractivity contribution >= 4 is 15.9 Å². The second-order valence-electron chi connectivity index (χ2n) is 2.54. The van der Waals surface area contributed by atoms with Crippen molar-refractivity contribution in [3.8, 4) is 5.75 Å². The van der Waals surface area contributed by atoms with E-state index in [2.05, 4.69) is 15.9 Å². The molecule has 1 unspecified atom stereocenters. The first kappa shape index (κ1) is 10.5. The topological polar surface area (TPSA) is 29.5 Å². The molecule has 0 fully saturated rings. The van der Waals surface area contributed by atoms with Gasteiger partial charge in [0, 0.05) is 0 Å². The van der Waals surface area contributed by atoms with Gasteiger partial charge in [0.1, 0.15) is 11.9 Å². The van der Waals surface area contributed by atoms with Gasteiger partial charge < -0.3 is 9.84 Å². The first-order valence-electron chi connectivity index (χ1n) is 3.77. The normalized spacial score (nSPS) is 12.6. The lowest BCUT2D eigenvalue weighted by Crippen LogP contribution is -1.97. The summed E-state index contributed by atoms with van der Waals surface area (Å²) in [6.07, 6.45) is -1.33. The maximum Gasteiger partial charge on any atom is 0.148 e. The van der Waals surface area contributed by atoms with Gasteiger partial charge in [0.05, 0.1) is 18.2 Å². The summed E-state index contributed by atoms with van der Waals surface area (Å²) in [7, 11) is 1.54. The lowest BCUT2D eigenvalue weighted by atomic mass is 10.1. The van der Waals surface area contributed by atoms with E-state index >= 15 is 0 Å². The first-order valence-corrected chi connectivity index (χ1v) is 4.56. The Morgan fingerprint density at radius 1 is 1.62 bits per heavy atom. The molecule has 0 spiro atoms. The lowest BCUT2D eigenvalue weighted by Gasteiger charge is -2.08. The minimum Gasteiger partial charge on any atom is -0.496 e. The maximum atomic E-state index is 13.0. The van der Waals surface area contributed by atoms with E-state index in [9.17, 15) is 4.39 Å². The van der Waals surface area contributed by atoms with Crippen molar-refractivity contribution in [3.63, 3.8) is 0 Å². The summed E-state index contributed by atoms with van der Waals surface area (Å²) >= 11 is 3.23. The molecule has 0 aliphatic rings. The van der Waals surface area contributed by atoms with Gasteiger partial charge in [0.25, 0.3) is 0 Å². The van der Waals surface area contributed by atoms with Crippen molar-refractivity contribution in [1.29, 1.82) is 0 Å². The predicted octanol–water partition coefficient (Wildman–Crippen LogP) is 2.46. The van der Waals surface area contributed by atoms with E-state index in [4.69, 9.17) is 9.84 Å². The minimum atomic E-state index is -1.33. The van der Waals surface area contributed by atoms with Crippen LogP contribution in [0, 0.1) is 0 Å². The number of aliphatic hydroxyl groups is 1. The molecule has 0 amide bonds.